The predicted molar refractivity (Wildman–Crippen MR) is 107 cm³/mol. The Bertz CT molecular complexity index is 833. The van der Waals surface area contributed by atoms with E-state index in [1.54, 1.807) is 25.3 Å². The van der Waals surface area contributed by atoms with Crippen LogP contribution in [0.15, 0.2) is 36.4 Å². The van der Waals surface area contributed by atoms with Crippen LogP contribution >= 0.6 is 0 Å². The summed E-state index contributed by atoms with van der Waals surface area (Å²) < 4.78 is 10.6. The lowest BCUT2D eigenvalue weighted by Gasteiger charge is -2.23. The van der Waals surface area contributed by atoms with E-state index in [2.05, 4.69) is 5.32 Å². The first-order valence-electron chi connectivity index (χ1n) is 8.73. The number of hydrogen-bond donors (Lipinski definition) is 1. The Morgan fingerprint density at radius 3 is 2.44 bits per heavy atom. The van der Waals surface area contributed by atoms with Gasteiger partial charge < -0.3 is 19.7 Å². The molecule has 2 amide bonds. The summed E-state index contributed by atoms with van der Waals surface area (Å²) in [5, 5.41) is 2.92. The molecule has 0 heterocycles. The van der Waals surface area contributed by atoms with E-state index in [0.29, 0.717) is 17.2 Å². The van der Waals surface area contributed by atoms with E-state index in [9.17, 15) is 9.59 Å². The molecule has 0 aliphatic rings. The van der Waals surface area contributed by atoms with Gasteiger partial charge in [-0.05, 0) is 43.2 Å². The molecule has 6 heteroatoms. The fraction of sp³-hybridized carbons (Fsp3) is 0.333. The number of ether oxygens (including phenoxy) is 2. The molecule has 0 atom stereocenters. The van der Waals surface area contributed by atoms with Gasteiger partial charge in [0, 0.05) is 31.6 Å². The number of carbonyl (C=O) groups is 2. The number of hydrogen-bond acceptors (Lipinski definition) is 4. The molecule has 2 aromatic carbocycles. The highest BCUT2D eigenvalue weighted by Crippen LogP contribution is 2.32. The first-order chi connectivity index (χ1) is 12.9. The topological polar surface area (TPSA) is 67.9 Å². The van der Waals surface area contributed by atoms with Gasteiger partial charge in [-0.25, -0.2) is 0 Å². The maximum absolute atomic E-state index is 12.4. The quantitative estimate of drug-likeness (QED) is 0.807. The highest BCUT2D eigenvalue weighted by Gasteiger charge is 2.18. The van der Waals surface area contributed by atoms with E-state index in [-0.39, 0.29) is 24.8 Å². The molecular formula is C21H26N2O4. The van der Waals surface area contributed by atoms with E-state index >= 15 is 0 Å². The van der Waals surface area contributed by atoms with Crippen molar-refractivity contribution >= 4 is 23.2 Å². The molecule has 0 saturated heterocycles. The lowest BCUT2D eigenvalue weighted by molar-refractivity contribution is -0.117. The van der Waals surface area contributed by atoms with Gasteiger partial charge in [-0.2, -0.15) is 0 Å². The van der Waals surface area contributed by atoms with Crippen molar-refractivity contribution in [3.63, 3.8) is 0 Å². The van der Waals surface area contributed by atoms with E-state index < -0.39 is 0 Å². The van der Waals surface area contributed by atoms with Crippen molar-refractivity contribution in [3.8, 4) is 11.5 Å². The molecule has 0 saturated carbocycles. The molecule has 1 N–H and O–H groups in total. The van der Waals surface area contributed by atoms with Crippen LogP contribution in [0.25, 0.3) is 0 Å². The van der Waals surface area contributed by atoms with E-state index in [1.807, 2.05) is 32.0 Å². The number of aryl methyl sites for hydroxylation is 1. The van der Waals surface area contributed by atoms with Gasteiger partial charge in [0.25, 0.3) is 0 Å². The standard InChI is InChI=1S/C21H26N2O4/c1-14-7-6-8-18(15(14)2)22-21(25)11-12-23(16(3)24)19-10-9-17(26-4)13-20(19)27-5/h6-10,13H,11-12H2,1-5H3,(H,22,25). The molecule has 6 nitrogen and oxygen atoms in total. The number of methoxy groups -OCH3 is 2. The molecule has 0 aromatic heterocycles. The maximum atomic E-state index is 12.4. The van der Waals surface area contributed by atoms with Crippen molar-refractivity contribution in [1.82, 2.24) is 0 Å². The monoisotopic (exact) mass is 370 g/mol. The van der Waals surface area contributed by atoms with Gasteiger partial charge in [0.15, 0.2) is 0 Å². The van der Waals surface area contributed by atoms with Crippen molar-refractivity contribution in [2.45, 2.75) is 27.2 Å². The Kier molecular flexibility index (Phi) is 6.82. The molecule has 0 aliphatic heterocycles. The molecule has 0 spiro atoms. The fourth-order valence-electron chi connectivity index (χ4n) is 2.77. The number of amides is 2. The molecule has 0 unspecified atom stereocenters. The fourth-order valence-corrected chi connectivity index (χ4v) is 2.77. The van der Waals surface area contributed by atoms with E-state index in [0.717, 1.165) is 16.8 Å². The van der Waals surface area contributed by atoms with E-state index in [1.165, 1.54) is 18.9 Å². The SMILES string of the molecule is COc1ccc(N(CCC(=O)Nc2cccc(C)c2C)C(C)=O)c(OC)c1. The lowest BCUT2D eigenvalue weighted by atomic mass is 10.1. The van der Waals surface area contributed by atoms with Crippen LogP contribution in [-0.2, 0) is 9.59 Å². The van der Waals surface area contributed by atoms with Crippen LogP contribution in [0.5, 0.6) is 11.5 Å². The van der Waals surface area contributed by atoms with Gasteiger partial charge in [0.2, 0.25) is 11.8 Å². The summed E-state index contributed by atoms with van der Waals surface area (Å²) in [7, 11) is 3.10. The zero-order valence-electron chi connectivity index (χ0n) is 16.5. The van der Waals surface area contributed by atoms with Gasteiger partial charge >= 0.3 is 0 Å². The van der Waals surface area contributed by atoms with Crippen molar-refractivity contribution < 1.29 is 19.1 Å². The summed E-state index contributed by atoms with van der Waals surface area (Å²) in [6.45, 7) is 5.68. The summed E-state index contributed by atoms with van der Waals surface area (Å²) in [5.74, 6) is 0.826. The number of anilines is 2. The second kappa shape index (κ2) is 9.07. The lowest BCUT2D eigenvalue weighted by Crippen LogP contribution is -2.32. The van der Waals surface area contributed by atoms with Crippen LogP contribution in [0, 0.1) is 13.8 Å². The maximum Gasteiger partial charge on any atom is 0.226 e. The van der Waals surface area contributed by atoms with Crippen molar-refractivity contribution in [2.24, 2.45) is 0 Å². The van der Waals surface area contributed by atoms with Crippen LogP contribution in [0.2, 0.25) is 0 Å². The average Bonchev–Trinajstić information content (AvgIpc) is 2.65. The minimum atomic E-state index is -0.169. The summed E-state index contributed by atoms with van der Waals surface area (Å²) in [6.07, 6.45) is 0.169. The molecule has 144 valence electrons. The smallest absolute Gasteiger partial charge is 0.226 e. The molecule has 0 aliphatic carbocycles. The molecular weight excluding hydrogens is 344 g/mol. The van der Waals surface area contributed by atoms with Gasteiger partial charge in [0.1, 0.15) is 11.5 Å². The summed E-state index contributed by atoms with van der Waals surface area (Å²) in [4.78, 5) is 26.1. The van der Waals surface area contributed by atoms with Crippen molar-refractivity contribution in [3.05, 3.63) is 47.5 Å². The molecule has 27 heavy (non-hydrogen) atoms. The molecule has 0 fully saturated rings. The molecule has 2 rings (SSSR count). The second-order valence-electron chi connectivity index (χ2n) is 6.25. The third-order valence-electron chi connectivity index (χ3n) is 4.50. The average molecular weight is 370 g/mol. The summed E-state index contributed by atoms with van der Waals surface area (Å²) in [5.41, 5.74) is 3.54. The Labute approximate surface area is 160 Å². The predicted octanol–water partition coefficient (Wildman–Crippen LogP) is 3.70. The van der Waals surface area contributed by atoms with Crippen LogP contribution in [0.3, 0.4) is 0 Å². The largest absolute Gasteiger partial charge is 0.497 e. The van der Waals surface area contributed by atoms with E-state index in [4.69, 9.17) is 9.47 Å². The van der Waals surface area contributed by atoms with Crippen LogP contribution in [-0.4, -0.2) is 32.6 Å². The number of nitrogens with one attached hydrogen (secondary N) is 1. The summed E-state index contributed by atoms with van der Waals surface area (Å²) >= 11 is 0. The number of carbonyl (C=O) groups excluding carboxylic acids is 2. The van der Waals surface area contributed by atoms with Crippen molar-refractivity contribution in [1.29, 1.82) is 0 Å². The molecule has 0 radical (unpaired) electrons. The first-order valence-corrected chi connectivity index (χ1v) is 8.73. The third-order valence-corrected chi connectivity index (χ3v) is 4.50. The van der Waals surface area contributed by atoms with Gasteiger partial charge in [-0.15, -0.1) is 0 Å². The summed E-state index contributed by atoms with van der Waals surface area (Å²) in [6, 6.07) is 11.0. The Morgan fingerprint density at radius 1 is 1.07 bits per heavy atom. The van der Waals surface area contributed by atoms with Gasteiger partial charge in [0.05, 0.1) is 19.9 Å². The van der Waals surface area contributed by atoms with Crippen LogP contribution < -0.4 is 19.7 Å². The number of rotatable bonds is 7. The van der Waals surface area contributed by atoms with Crippen molar-refractivity contribution in [2.75, 3.05) is 31.0 Å². The minimum absolute atomic E-state index is 0.151. The molecule has 2 aromatic rings. The second-order valence-corrected chi connectivity index (χ2v) is 6.25. The van der Waals surface area contributed by atoms with Crippen LogP contribution in [0.4, 0.5) is 11.4 Å². The van der Waals surface area contributed by atoms with Gasteiger partial charge in [-0.1, -0.05) is 12.1 Å². The normalized spacial score (nSPS) is 10.3. The number of benzene rings is 2. The minimum Gasteiger partial charge on any atom is -0.497 e. The highest BCUT2D eigenvalue weighted by atomic mass is 16.5. The Balaban J connectivity index is 2.12. The van der Waals surface area contributed by atoms with Crippen LogP contribution in [0.1, 0.15) is 24.5 Å². The highest BCUT2D eigenvalue weighted by molar-refractivity contribution is 5.96. The Hall–Kier alpha value is -3.02. The zero-order valence-corrected chi connectivity index (χ0v) is 16.5. The van der Waals surface area contributed by atoms with Gasteiger partial charge in [-0.3, -0.25) is 9.59 Å². The third kappa shape index (κ3) is 5.00. The Morgan fingerprint density at radius 2 is 1.81 bits per heavy atom. The first kappa shape index (κ1) is 20.3. The number of nitrogens with zero attached hydrogens (tertiary/aromatic N) is 1. The molecule has 0 bridgehead atoms. The zero-order chi connectivity index (χ0) is 20.0.